The van der Waals surface area contributed by atoms with Crippen LogP contribution in [-0.4, -0.2) is 15.1 Å². The van der Waals surface area contributed by atoms with Crippen LogP contribution >= 0.6 is 0 Å². The van der Waals surface area contributed by atoms with Crippen molar-refractivity contribution in [2.75, 3.05) is 0 Å². The maximum absolute atomic E-state index is 10.3. The molecule has 1 aromatic carbocycles. The van der Waals surface area contributed by atoms with E-state index >= 15 is 0 Å². The van der Waals surface area contributed by atoms with E-state index in [-0.39, 0.29) is 0 Å². The van der Waals surface area contributed by atoms with Crippen LogP contribution in [0.3, 0.4) is 0 Å². The molecule has 3 heteroatoms. The molecule has 0 aliphatic heterocycles. The SMILES string of the molecule is CCCCCCC(O)c1cccc2nccnc12. The summed E-state index contributed by atoms with van der Waals surface area (Å²) in [7, 11) is 0. The molecule has 0 amide bonds. The Labute approximate surface area is 108 Å². The number of hydrogen-bond donors (Lipinski definition) is 1. The topological polar surface area (TPSA) is 46.0 Å². The molecule has 0 saturated heterocycles. The highest BCUT2D eigenvalue weighted by Gasteiger charge is 2.11. The molecule has 1 heterocycles. The summed E-state index contributed by atoms with van der Waals surface area (Å²) < 4.78 is 0. The first kappa shape index (κ1) is 13.0. The zero-order valence-electron chi connectivity index (χ0n) is 10.8. The highest BCUT2D eigenvalue weighted by atomic mass is 16.3. The minimum absolute atomic E-state index is 0.428. The fraction of sp³-hybridized carbons (Fsp3) is 0.467. The molecule has 0 saturated carbocycles. The zero-order valence-corrected chi connectivity index (χ0v) is 10.8. The molecule has 0 fully saturated rings. The number of hydrogen-bond acceptors (Lipinski definition) is 3. The van der Waals surface area contributed by atoms with E-state index in [9.17, 15) is 5.11 Å². The number of rotatable bonds is 6. The van der Waals surface area contributed by atoms with Gasteiger partial charge in [-0.1, -0.05) is 44.7 Å². The van der Waals surface area contributed by atoms with E-state index in [4.69, 9.17) is 0 Å². The molecule has 0 radical (unpaired) electrons. The van der Waals surface area contributed by atoms with Gasteiger partial charge in [-0.25, -0.2) is 0 Å². The Kier molecular flexibility index (Phi) is 4.65. The summed E-state index contributed by atoms with van der Waals surface area (Å²) in [6.45, 7) is 2.19. The van der Waals surface area contributed by atoms with Crippen LogP contribution in [0.25, 0.3) is 11.0 Å². The maximum atomic E-state index is 10.3. The summed E-state index contributed by atoms with van der Waals surface area (Å²) in [5.74, 6) is 0. The molecule has 18 heavy (non-hydrogen) atoms. The average Bonchev–Trinajstić information content (AvgIpc) is 2.43. The molecule has 1 unspecified atom stereocenters. The van der Waals surface area contributed by atoms with E-state index in [1.807, 2.05) is 18.2 Å². The summed E-state index contributed by atoms with van der Waals surface area (Å²) in [5, 5.41) is 10.3. The first-order chi connectivity index (χ1) is 8.83. The van der Waals surface area contributed by atoms with Gasteiger partial charge in [-0.2, -0.15) is 0 Å². The molecule has 0 aliphatic carbocycles. The van der Waals surface area contributed by atoms with E-state index < -0.39 is 6.10 Å². The predicted octanol–water partition coefficient (Wildman–Crippen LogP) is 3.63. The van der Waals surface area contributed by atoms with E-state index in [2.05, 4.69) is 16.9 Å². The van der Waals surface area contributed by atoms with Gasteiger partial charge in [0.15, 0.2) is 0 Å². The summed E-state index contributed by atoms with van der Waals surface area (Å²) in [6, 6.07) is 5.80. The van der Waals surface area contributed by atoms with Gasteiger partial charge in [0, 0.05) is 18.0 Å². The molecule has 2 aromatic rings. The third-order valence-electron chi connectivity index (χ3n) is 3.22. The van der Waals surface area contributed by atoms with E-state index in [1.54, 1.807) is 12.4 Å². The fourth-order valence-electron chi connectivity index (χ4n) is 2.20. The number of benzene rings is 1. The van der Waals surface area contributed by atoms with Crippen molar-refractivity contribution < 1.29 is 5.11 Å². The Morgan fingerprint density at radius 1 is 1.11 bits per heavy atom. The molecule has 0 spiro atoms. The van der Waals surface area contributed by atoms with Crippen molar-refractivity contribution >= 4 is 11.0 Å². The largest absolute Gasteiger partial charge is 0.388 e. The smallest absolute Gasteiger partial charge is 0.0944 e. The van der Waals surface area contributed by atoms with Gasteiger partial charge in [-0.3, -0.25) is 9.97 Å². The Balaban J connectivity index is 2.10. The molecule has 3 nitrogen and oxygen atoms in total. The van der Waals surface area contributed by atoms with Gasteiger partial charge in [-0.05, 0) is 12.5 Å². The molecular weight excluding hydrogens is 224 g/mol. The highest BCUT2D eigenvalue weighted by molar-refractivity contribution is 5.77. The molecule has 2 rings (SSSR count). The fourth-order valence-corrected chi connectivity index (χ4v) is 2.20. The van der Waals surface area contributed by atoms with Crippen molar-refractivity contribution in [2.24, 2.45) is 0 Å². The van der Waals surface area contributed by atoms with Crippen LogP contribution in [0.2, 0.25) is 0 Å². The number of aliphatic hydroxyl groups is 1. The summed E-state index contributed by atoms with van der Waals surface area (Å²) in [6.07, 6.45) is 8.43. The van der Waals surface area contributed by atoms with Crippen molar-refractivity contribution in [1.82, 2.24) is 9.97 Å². The van der Waals surface area contributed by atoms with Crippen LogP contribution in [0.5, 0.6) is 0 Å². The van der Waals surface area contributed by atoms with Gasteiger partial charge in [-0.15, -0.1) is 0 Å². The van der Waals surface area contributed by atoms with Crippen LogP contribution in [-0.2, 0) is 0 Å². The van der Waals surface area contributed by atoms with Crippen molar-refractivity contribution in [1.29, 1.82) is 0 Å². The number of aromatic nitrogens is 2. The van der Waals surface area contributed by atoms with Crippen molar-refractivity contribution in [3.63, 3.8) is 0 Å². The van der Waals surface area contributed by atoms with E-state index in [0.717, 1.165) is 29.4 Å². The normalized spacial score (nSPS) is 12.8. The summed E-state index contributed by atoms with van der Waals surface area (Å²) in [4.78, 5) is 8.58. The van der Waals surface area contributed by atoms with Gasteiger partial charge in [0.1, 0.15) is 0 Å². The highest BCUT2D eigenvalue weighted by Crippen LogP contribution is 2.25. The first-order valence-corrected chi connectivity index (χ1v) is 6.70. The monoisotopic (exact) mass is 244 g/mol. The Morgan fingerprint density at radius 2 is 1.94 bits per heavy atom. The van der Waals surface area contributed by atoms with Crippen molar-refractivity contribution in [3.05, 3.63) is 36.2 Å². The molecule has 1 N–H and O–H groups in total. The van der Waals surface area contributed by atoms with Crippen molar-refractivity contribution in [3.8, 4) is 0 Å². The first-order valence-electron chi connectivity index (χ1n) is 6.70. The molecule has 0 bridgehead atoms. The molecule has 1 aromatic heterocycles. The minimum Gasteiger partial charge on any atom is -0.388 e. The lowest BCUT2D eigenvalue weighted by Gasteiger charge is -2.12. The van der Waals surface area contributed by atoms with Crippen LogP contribution in [0.15, 0.2) is 30.6 Å². The van der Waals surface area contributed by atoms with Crippen molar-refractivity contribution in [2.45, 2.75) is 45.1 Å². The zero-order chi connectivity index (χ0) is 12.8. The molecule has 96 valence electrons. The third-order valence-corrected chi connectivity index (χ3v) is 3.22. The van der Waals surface area contributed by atoms with Crippen LogP contribution in [0.1, 0.15) is 50.7 Å². The Morgan fingerprint density at radius 3 is 2.78 bits per heavy atom. The summed E-state index contributed by atoms with van der Waals surface area (Å²) >= 11 is 0. The second-order valence-electron chi connectivity index (χ2n) is 4.64. The molecular formula is C15H20N2O. The number of fused-ring (bicyclic) bond motifs is 1. The summed E-state index contributed by atoms with van der Waals surface area (Å²) in [5.41, 5.74) is 2.57. The third kappa shape index (κ3) is 3.05. The lowest BCUT2D eigenvalue weighted by Crippen LogP contribution is -2.00. The van der Waals surface area contributed by atoms with E-state index in [1.165, 1.54) is 19.3 Å². The number of para-hydroxylation sites is 1. The van der Waals surface area contributed by atoms with Gasteiger partial charge in [0.2, 0.25) is 0 Å². The standard InChI is InChI=1S/C15H20N2O/c1-2-3-4-5-9-14(18)12-7-6-8-13-15(12)17-11-10-16-13/h6-8,10-11,14,18H,2-5,9H2,1H3. The predicted molar refractivity (Wildman–Crippen MR) is 73.3 cm³/mol. The Hall–Kier alpha value is -1.48. The Bertz CT molecular complexity index is 493. The van der Waals surface area contributed by atoms with Crippen LogP contribution in [0.4, 0.5) is 0 Å². The molecule has 1 atom stereocenters. The average molecular weight is 244 g/mol. The molecule has 0 aliphatic rings. The maximum Gasteiger partial charge on any atom is 0.0944 e. The number of unbranched alkanes of at least 4 members (excludes halogenated alkanes) is 3. The van der Waals surface area contributed by atoms with Crippen LogP contribution in [0, 0.1) is 0 Å². The minimum atomic E-state index is -0.428. The lowest BCUT2D eigenvalue weighted by molar-refractivity contribution is 0.164. The quantitative estimate of drug-likeness (QED) is 0.789. The second kappa shape index (κ2) is 6.45. The second-order valence-corrected chi connectivity index (χ2v) is 4.64. The van der Waals surface area contributed by atoms with Gasteiger partial charge < -0.3 is 5.11 Å². The number of nitrogens with zero attached hydrogens (tertiary/aromatic N) is 2. The van der Waals surface area contributed by atoms with Gasteiger partial charge in [0.25, 0.3) is 0 Å². The number of aliphatic hydroxyl groups excluding tert-OH is 1. The van der Waals surface area contributed by atoms with Gasteiger partial charge in [0.05, 0.1) is 17.1 Å². The van der Waals surface area contributed by atoms with Crippen LogP contribution < -0.4 is 0 Å². The van der Waals surface area contributed by atoms with E-state index in [0.29, 0.717) is 0 Å². The lowest BCUT2D eigenvalue weighted by atomic mass is 10.0. The van der Waals surface area contributed by atoms with Gasteiger partial charge >= 0.3 is 0 Å².